The predicted octanol–water partition coefficient (Wildman–Crippen LogP) is 1.74. The zero-order chi connectivity index (χ0) is 14.1. The van der Waals surface area contributed by atoms with Gasteiger partial charge in [0.05, 0.1) is 18.1 Å². The smallest absolute Gasteiger partial charge is 0.315 e. The molecule has 0 unspecified atom stereocenters. The summed E-state index contributed by atoms with van der Waals surface area (Å²) >= 11 is 1.20. The molecule has 1 amide bonds. The van der Waals surface area contributed by atoms with Crippen LogP contribution in [0.4, 0.5) is 4.39 Å². The molecule has 0 aliphatic carbocycles. The topological polar surface area (TPSA) is 55.4 Å². The average molecular weight is 285 g/mol. The quantitative estimate of drug-likeness (QED) is 0.775. The zero-order valence-corrected chi connectivity index (χ0v) is 11.5. The number of benzene rings is 1. The number of hydrogen-bond donors (Lipinski definition) is 1. The van der Waals surface area contributed by atoms with Crippen molar-refractivity contribution in [3.05, 3.63) is 35.6 Å². The van der Waals surface area contributed by atoms with Crippen LogP contribution >= 0.6 is 11.8 Å². The normalized spacial score (nSPS) is 10.0. The number of esters is 1. The van der Waals surface area contributed by atoms with Gasteiger partial charge in [0.25, 0.3) is 0 Å². The van der Waals surface area contributed by atoms with E-state index in [2.05, 4.69) is 5.32 Å². The molecule has 0 aliphatic rings. The van der Waals surface area contributed by atoms with Crippen molar-refractivity contribution in [1.29, 1.82) is 0 Å². The highest BCUT2D eigenvalue weighted by Crippen LogP contribution is 2.03. The fraction of sp³-hybridized carbons (Fsp3) is 0.385. The van der Waals surface area contributed by atoms with Crippen molar-refractivity contribution in [2.24, 2.45) is 0 Å². The number of thioether (sulfide) groups is 1. The minimum atomic E-state index is -0.321. The van der Waals surface area contributed by atoms with E-state index in [-0.39, 0.29) is 29.2 Å². The van der Waals surface area contributed by atoms with Gasteiger partial charge in [0, 0.05) is 6.54 Å². The third-order valence-corrected chi connectivity index (χ3v) is 3.07. The van der Waals surface area contributed by atoms with Crippen LogP contribution in [0.2, 0.25) is 0 Å². The van der Waals surface area contributed by atoms with Crippen molar-refractivity contribution in [2.45, 2.75) is 13.5 Å². The van der Waals surface area contributed by atoms with Crippen LogP contribution in [-0.2, 0) is 20.9 Å². The minimum absolute atomic E-state index is 0.164. The van der Waals surface area contributed by atoms with E-state index in [9.17, 15) is 14.0 Å². The van der Waals surface area contributed by atoms with Crippen LogP contribution in [0.25, 0.3) is 0 Å². The summed E-state index contributed by atoms with van der Waals surface area (Å²) in [4.78, 5) is 22.5. The van der Waals surface area contributed by atoms with Gasteiger partial charge in [-0.2, -0.15) is 0 Å². The molecule has 0 atom stereocenters. The average Bonchev–Trinajstić information content (AvgIpc) is 2.38. The lowest BCUT2D eigenvalue weighted by Gasteiger charge is -2.05. The molecule has 4 nitrogen and oxygen atoms in total. The van der Waals surface area contributed by atoms with Crippen molar-refractivity contribution < 1.29 is 18.7 Å². The van der Waals surface area contributed by atoms with Gasteiger partial charge < -0.3 is 10.1 Å². The monoisotopic (exact) mass is 285 g/mol. The summed E-state index contributed by atoms with van der Waals surface area (Å²) in [5.74, 6) is -0.435. The zero-order valence-electron chi connectivity index (χ0n) is 10.6. The predicted molar refractivity (Wildman–Crippen MR) is 72.2 cm³/mol. The van der Waals surface area contributed by atoms with Gasteiger partial charge >= 0.3 is 5.97 Å². The summed E-state index contributed by atoms with van der Waals surface area (Å²) in [5, 5.41) is 2.69. The molecule has 0 radical (unpaired) electrons. The molecule has 0 aliphatic heterocycles. The molecule has 6 heteroatoms. The van der Waals surface area contributed by atoms with Crippen LogP contribution < -0.4 is 5.32 Å². The highest BCUT2D eigenvalue weighted by molar-refractivity contribution is 8.00. The maximum atomic E-state index is 12.7. The Morgan fingerprint density at radius 3 is 2.58 bits per heavy atom. The third-order valence-electron chi connectivity index (χ3n) is 2.16. The van der Waals surface area contributed by atoms with E-state index in [0.717, 1.165) is 5.56 Å². The summed E-state index contributed by atoms with van der Waals surface area (Å²) in [6.07, 6.45) is 0. The molecule has 19 heavy (non-hydrogen) atoms. The van der Waals surface area contributed by atoms with Crippen molar-refractivity contribution in [3.63, 3.8) is 0 Å². The van der Waals surface area contributed by atoms with E-state index in [4.69, 9.17) is 4.74 Å². The van der Waals surface area contributed by atoms with Crippen molar-refractivity contribution in [3.8, 4) is 0 Å². The SMILES string of the molecule is CCOC(=O)CSCC(=O)NCc1ccc(F)cc1. The Bertz CT molecular complexity index is 422. The van der Waals surface area contributed by atoms with Crippen LogP contribution in [0.15, 0.2) is 24.3 Å². The Balaban J connectivity index is 2.17. The molecule has 0 aromatic heterocycles. The number of hydrogen-bond acceptors (Lipinski definition) is 4. The Hall–Kier alpha value is -1.56. The summed E-state index contributed by atoms with van der Waals surface area (Å²) < 4.78 is 17.4. The lowest BCUT2D eigenvalue weighted by atomic mass is 10.2. The molecule has 0 bridgehead atoms. The van der Waals surface area contributed by atoms with Crippen LogP contribution in [0, 0.1) is 5.82 Å². The van der Waals surface area contributed by atoms with Gasteiger partial charge in [0.15, 0.2) is 0 Å². The second kappa shape index (κ2) is 8.53. The number of amides is 1. The molecule has 1 aromatic rings. The van der Waals surface area contributed by atoms with Crippen molar-refractivity contribution in [2.75, 3.05) is 18.1 Å². The van der Waals surface area contributed by atoms with Gasteiger partial charge in [-0.1, -0.05) is 12.1 Å². The second-order valence-electron chi connectivity index (χ2n) is 3.70. The molecule has 1 N–H and O–H groups in total. The molecule has 0 spiro atoms. The standard InChI is InChI=1S/C13H16FNO3S/c1-2-18-13(17)9-19-8-12(16)15-7-10-3-5-11(14)6-4-10/h3-6H,2,7-9H2,1H3,(H,15,16). The van der Waals surface area contributed by atoms with Crippen LogP contribution in [0.1, 0.15) is 12.5 Å². The van der Waals surface area contributed by atoms with Gasteiger partial charge in [-0.3, -0.25) is 9.59 Å². The summed E-state index contributed by atoms with van der Waals surface area (Å²) in [6, 6.07) is 5.91. The second-order valence-corrected chi connectivity index (χ2v) is 4.69. The molecule has 0 saturated heterocycles. The first-order chi connectivity index (χ1) is 9.11. The maximum Gasteiger partial charge on any atom is 0.315 e. The largest absolute Gasteiger partial charge is 0.465 e. The molecule has 1 rings (SSSR count). The molecule has 0 heterocycles. The first kappa shape index (κ1) is 15.5. The fourth-order valence-corrected chi connectivity index (χ4v) is 1.92. The summed E-state index contributed by atoms with van der Waals surface area (Å²) in [6.45, 7) is 2.42. The first-order valence-electron chi connectivity index (χ1n) is 5.86. The van der Waals surface area contributed by atoms with Crippen LogP contribution in [-0.4, -0.2) is 30.0 Å². The molecule has 1 aromatic carbocycles. The lowest BCUT2D eigenvalue weighted by Crippen LogP contribution is -2.25. The molecular formula is C13H16FNO3S. The van der Waals surface area contributed by atoms with Crippen molar-refractivity contribution in [1.82, 2.24) is 5.32 Å². The fourth-order valence-electron chi connectivity index (χ4n) is 1.28. The highest BCUT2D eigenvalue weighted by atomic mass is 32.2. The molecular weight excluding hydrogens is 269 g/mol. The number of nitrogens with one attached hydrogen (secondary N) is 1. The Labute approximate surface area is 115 Å². The lowest BCUT2D eigenvalue weighted by molar-refractivity contribution is -0.139. The maximum absolute atomic E-state index is 12.7. The van der Waals surface area contributed by atoms with Gasteiger partial charge in [-0.25, -0.2) is 4.39 Å². The Morgan fingerprint density at radius 2 is 1.95 bits per heavy atom. The number of halogens is 1. The van der Waals surface area contributed by atoms with E-state index < -0.39 is 0 Å². The third kappa shape index (κ3) is 6.81. The van der Waals surface area contributed by atoms with Crippen LogP contribution in [0.3, 0.4) is 0 Å². The molecule has 0 fully saturated rings. The number of rotatable bonds is 7. The summed E-state index contributed by atoms with van der Waals surface area (Å²) in [5.41, 5.74) is 0.824. The van der Waals surface area contributed by atoms with E-state index in [0.29, 0.717) is 13.2 Å². The number of ether oxygens (including phenoxy) is 1. The first-order valence-corrected chi connectivity index (χ1v) is 7.01. The van der Waals surface area contributed by atoms with E-state index in [1.165, 1.54) is 23.9 Å². The Kier molecular flexibility index (Phi) is 6.95. The van der Waals surface area contributed by atoms with Crippen molar-refractivity contribution >= 4 is 23.6 Å². The van der Waals surface area contributed by atoms with Gasteiger partial charge in [0.2, 0.25) is 5.91 Å². The Morgan fingerprint density at radius 1 is 1.26 bits per heavy atom. The van der Waals surface area contributed by atoms with Gasteiger partial charge in [-0.15, -0.1) is 11.8 Å². The van der Waals surface area contributed by atoms with E-state index in [1.54, 1.807) is 19.1 Å². The minimum Gasteiger partial charge on any atom is -0.465 e. The number of carbonyl (C=O) groups excluding carboxylic acids is 2. The van der Waals surface area contributed by atoms with E-state index in [1.807, 2.05) is 0 Å². The molecule has 0 saturated carbocycles. The van der Waals surface area contributed by atoms with Crippen LogP contribution in [0.5, 0.6) is 0 Å². The van der Waals surface area contributed by atoms with Gasteiger partial charge in [-0.05, 0) is 24.6 Å². The number of carbonyl (C=O) groups is 2. The van der Waals surface area contributed by atoms with E-state index >= 15 is 0 Å². The summed E-state index contributed by atoms with van der Waals surface area (Å²) in [7, 11) is 0. The van der Waals surface area contributed by atoms with Gasteiger partial charge in [0.1, 0.15) is 5.82 Å². The highest BCUT2D eigenvalue weighted by Gasteiger charge is 2.05. The molecule has 104 valence electrons.